The number of fused-ring (bicyclic) bond motifs is 2. The van der Waals surface area contributed by atoms with Gasteiger partial charge in [0, 0.05) is 33.0 Å². The summed E-state index contributed by atoms with van der Waals surface area (Å²) in [6.45, 7) is 0. The Hall–Kier alpha value is -4.45. The second-order valence-corrected chi connectivity index (χ2v) is 9.05. The summed E-state index contributed by atoms with van der Waals surface area (Å²) in [5.74, 6) is -1.63. The van der Waals surface area contributed by atoms with Gasteiger partial charge in [0.25, 0.3) is 23.6 Å². The highest BCUT2D eigenvalue weighted by atomic mass is 32.3. The molecule has 5 aromatic carbocycles. The van der Waals surface area contributed by atoms with Gasteiger partial charge in [-0.15, -0.1) is 0 Å². The number of benzene rings is 5. The molecule has 0 saturated heterocycles. The van der Waals surface area contributed by atoms with Crippen molar-refractivity contribution in [1.29, 1.82) is 0 Å². The van der Waals surface area contributed by atoms with E-state index in [2.05, 4.69) is 10.6 Å². The van der Waals surface area contributed by atoms with Crippen molar-refractivity contribution < 1.29 is 36.7 Å². The molecule has 4 N–H and O–H groups in total. The van der Waals surface area contributed by atoms with Gasteiger partial charge >= 0.3 is 10.4 Å². The Balaban J connectivity index is 0.000000419. The molecule has 0 aromatic heterocycles. The van der Waals surface area contributed by atoms with E-state index in [1.807, 2.05) is 24.3 Å². The summed E-state index contributed by atoms with van der Waals surface area (Å²) in [7, 11) is -4.67. The molecular formula is C24H12N2O8S. The highest BCUT2D eigenvalue weighted by Gasteiger charge is 2.30. The summed E-state index contributed by atoms with van der Waals surface area (Å²) in [5, 5.41) is 11.3. The highest BCUT2D eigenvalue weighted by molar-refractivity contribution is 7.79. The lowest BCUT2D eigenvalue weighted by atomic mass is 9.83. The zero-order valence-electron chi connectivity index (χ0n) is 17.4. The van der Waals surface area contributed by atoms with Gasteiger partial charge in [-0.1, -0.05) is 24.3 Å². The minimum absolute atomic E-state index is 0.408. The number of carbonyl (C=O) groups excluding carboxylic acids is 4. The van der Waals surface area contributed by atoms with E-state index < -0.39 is 34.0 Å². The van der Waals surface area contributed by atoms with Crippen LogP contribution in [0.5, 0.6) is 0 Å². The van der Waals surface area contributed by atoms with Gasteiger partial charge in [0.2, 0.25) is 0 Å². The fourth-order valence-corrected chi connectivity index (χ4v) is 5.12. The third-order valence-corrected chi connectivity index (χ3v) is 6.33. The lowest BCUT2D eigenvalue weighted by Gasteiger charge is -2.23. The van der Waals surface area contributed by atoms with Crippen molar-refractivity contribution >= 4 is 77.1 Å². The fraction of sp³-hybridized carbons (Fsp3) is 0. The van der Waals surface area contributed by atoms with Crippen LogP contribution in [0, 0.1) is 0 Å². The van der Waals surface area contributed by atoms with E-state index >= 15 is 0 Å². The molecule has 0 radical (unpaired) electrons. The predicted molar refractivity (Wildman–Crippen MR) is 125 cm³/mol. The fourth-order valence-electron chi connectivity index (χ4n) is 5.12. The number of nitrogens with one attached hydrogen (secondary N) is 2. The Morgan fingerprint density at radius 1 is 0.457 bits per heavy atom. The van der Waals surface area contributed by atoms with Crippen molar-refractivity contribution in [2.24, 2.45) is 0 Å². The van der Waals surface area contributed by atoms with Crippen LogP contribution in [-0.4, -0.2) is 41.2 Å². The van der Waals surface area contributed by atoms with Crippen LogP contribution in [0.25, 0.3) is 43.1 Å². The maximum absolute atomic E-state index is 12.4. The summed E-state index contributed by atoms with van der Waals surface area (Å²) in [6.07, 6.45) is 0. The number of carbonyl (C=O) groups is 4. The van der Waals surface area contributed by atoms with Crippen molar-refractivity contribution in [1.82, 2.24) is 10.6 Å². The molecular weight excluding hydrogens is 476 g/mol. The number of imide groups is 2. The first kappa shape index (κ1) is 21.1. The standard InChI is InChI=1S/C24H10N2O4.H2O4S/c27-21-13-5-1-9-10-2-6-15-20-16(24(30)26-23(15)29)8-4-12(18(10)20)11-3-7-14(22(28)25-21)19(13)17(9)11;1-5(2,3)4/h1-8H,(H,25,27,28)(H,26,29,30);(H2,1,2,3,4). The molecule has 0 unspecified atom stereocenters. The lowest BCUT2D eigenvalue weighted by molar-refractivity contribution is 0.0828. The van der Waals surface area contributed by atoms with Gasteiger partial charge in [-0.2, -0.15) is 8.42 Å². The van der Waals surface area contributed by atoms with Crippen molar-refractivity contribution in [3.8, 4) is 0 Å². The van der Waals surface area contributed by atoms with Gasteiger partial charge in [0.15, 0.2) is 0 Å². The van der Waals surface area contributed by atoms with Crippen molar-refractivity contribution in [2.45, 2.75) is 0 Å². The lowest BCUT2D eigenvalue weighted by Crippen LogP contribution is -2.35. The molecule has 2 aliphatic heterocycles. The third kappa shape index (κ3) is 2.93. The maximum Gasteiger partial charge on any atom is 0.394 e. The molecule has 172 valence electrons. The molecule has 11 heteroatoms. The number of hydrogen-bond donors (Lipinski definition) is 4. The average Bonchev–Trinajstić information content (AvgIpc) is 2.78. The molecule has 0 bridgehead atoms. The van der Waals surface area contributed by atoms with E-state index in [0.717, 1.165) is 32.3 Å². The molecule has 2 heterocycles. The Kier molecular flexibility index (Phi) is 4.10. The normalized spacial score (nSPS) is 14.9. The second-order valence-electron chi connectivity index (χ2n) is 8.16. The minimum Gasteiger partial charge on any atom is -0.288 e. The summed E-state index contributed by atoms with van der Waals surface area (Å²) >= 11 is 0. The van der Waals surface area contributed by atoms with Gasteiger partial charge in [0.1, 0.15) is 0 Å². The van der Waals surface area contributed by atoms with E-state index in [9.17, 15) is 19.2 Å². The SMILES string of the molecule is O=C1NC(=O)c2ccc3c4ccc5c6c(ccc(c7ccc1c2c73)c64)C(=O)NC5=O.O=S(=O)(O)O. The molecule has 7 rings (SSSR count). The highest BCUT2D eigenvalue weighted by Crippen LogP contribution is 2.44. The van der Waals surface area contributed by atoms with Crippen LogP contribution in [0.4, 0.5) is 0 Å². The number of amides is 4. The van der Waals surface area contributed by atoms with Crippen molar-refractivity contribution in [2.75, 3.05) is 0 Å². The summed E-state index contributed by atoms with van der Waals surface area (Å²) in [4.78, 5) is 49.8. The maximum atomic E-state index is 12.4. The molecule has 0 fully saturated rings. The van der Waals surface area contributed by atoms with Crippen LogP contribution in [0.1, 0.15) is 41.4 Å². The van der Waals surface area contributed by atoms with E-state index in [0.29, 0.717) is 33.0 Å². The predicted octanol–water partition coefficient (Wildman–Crippen LogP) is 2.85. The van der Waals surface area contributed by atoms with E-state index in [1.165, 1.54) is 0 Å². The van der Waals surface area contributed by atoms with Gasteiger partial charge in [-0.3, -0.25) is 38.9 Å². The smallest absolute Gasteiger partial charge is 0.288 e. The van der Waals surface area contributed by atoms with Crippen LogP contribution in [0.15, 0.2) is 48.5 Å². The van der Waals surface area contributed by atoms with Gasteiger partial charge in [-0.05, 0) is 56.6 Å². The molecule has 10 nitrogen and oxygen atoms in total. The molecule has 0 atom stereocenters. The van der Waals surface area contributed by atoms with Crippen molar-refractivity contribution in [3.05, 3.63) is 70.8 Å². The average molecular weight is 488 g/mol. The zero-order valence-corrected chi connectivity index (χ0v) is 18.2. The summed E-state index contributed by atoms with van der Waals surface area (Å²) in [6, 6.07) is 14.4. The molecule has 35 heavy (non-hydrogen) atoms. The summed E-state index contributed by atoms with van der Waals surface area (Å²) in [5.41, 5.74) is 1.87. The summed E-state index contributed by atoms with van der Waals surface area (Å²) < 4.78 is 31.6. The molecule has 5 aromatic rings. The van der Waals surface area contributed by atoms with E-state index in [4.69, 9.17) is 17.5 Å². The Bertz CT molecular complexity index is 1710. The molecule has 2 aliphatic rings. The van der Waals surface area contributed by atoms with Crippen LogP contribution in [0.2, 0.25) is 0 Å². The molecule has 0 saturated carbocycles. The number of hydrogen-bond acceptors (Lipinski definition) is 6. The van der Waals surface area contributed by atoms with Crippen LogP contribution in [0.3, 0.4) is 0 Å². The Labute approximate surface area is 195 Å². The third-order valence-electron chi connectivity index (χ3n) is 6.33. The van der Waals surface area contributed by atoms with Crippen LogP contribution >= 0.6 is 0 Å². The first-order valence-corrected chi connectivity index (χ1v) is 11.6. The first-order chi connectivity index (χ1) is 16.5. The van der Waals surface area contributed by atoms with Gasteiger partial charge in [0.05, 0.1) is 0 Å². The largest absolute Gasteiger partial charge is 0.394 e. The molecule has 0 aliphatic carbocycles. The topological polar surface area (TPSA) is 167 Å². The second kappa shape index (κ2) is 6.79. The first-order valence-electron chi connectivity index (χ1n) is 10.2. The molecule has 4 amide bonds. The van der Waals surface area contributed by atoms with Gasteiger partial charge in [-0.25, -0.2) is 0 Å². The quantitative estimate of drug-likeness (QED) is 0.112. The van der Waals surface area contributed by atoms with Crippen LogP contribution < -0.4 is 10.6 Å². The van der Waals surface area contributed by atoms with E-state index in [1.54, 1.807) is 24.3 Å². The monoisotopic (exact) mass is 488 g/mol. The zero-order chi connectivity index (χ0) is 24.8. The minimum atomic E-state index is -4.67. The van der Waals surface area contributed by atoms with Crippen LogP contribution in [-0.2, 0) is 10.4 Å². The molecule has 0 spiro atoms. The Morgan fingerprint density at radius 2 is 0.686 bits per heavy atom. The Morgan fingerprint density at radius 3 is 0.914 bits per heavy atom. The van der Waals surface area contributed by atoms with E-state index in [-0.39, 0.29) is 0 Å². The number of rotatable bonds is 0. The van der Waals surface area contributed by atoms with Crippen molar-refractivity contribution in [3.63, 3.8) is 0 Å². The van der Waals surface area contributed by atoms with Gasteiger partial charge < -0.3 is 0 Å².